The average molecular weight is 1160 g/mol. The largest absolute Gasteiger partial charge is 0.145 e. The molecule has 4 aromatic carbocycles. The van der Waals surface area contributed by atoms with Crippen LogP contribution in [0.1, 0.15) is 122 Å². The zero-order valence-electron chi connectivity index (χ0n) is 58.3. The van der Waals surface area contributed by atoms with Gasteiger partial charge in [-0.1, -0.05) is 426 Å². The summed E-state index contributed by atoms with van der Waals surface area (Å²) in [7, 11) is -4.40. The first-order valence-electron chi connectivity index (χ1n) is 34.1. The van der Waals surface area contributed by atoms with E-state index in [2.05, 4.69) is 275 Å². The number of rotatable bonds is 10. The molecule has 0 saturated heterocycles. The molecule has 0 spiro atoms. The Kier molecular flexibility index (Phi) is 39.3. The van der Waals surface area contributed by atoms with E-state index in [0.29, 0.717) is 0 Å². The van der Waals surface area contributed by atoms with E-state index in [9.17, 15) is 0 Å². The quantitative estimate of drug-likeness (QED) is 0.110. The van der Waals surface area contributed by atoms with Gasteiger partial charge in [-0.05, 0) is 21.1 Å². The molecule has 0 aliphatic heterocycles. The van der Waals surface area contributed by atoms with Crippen molar-refractivity contribution in [3.05, 3.63) is 121 Å². The lowest BCUT2D eigenvalue weighted by Crippen LogP contribution is -2.64. The van der Waals surface area contributed by atoms with Gasteiger partial charge in [-0.15, -0.1) is 0 Å². The highest BCUT2D eigenvalue weighted by molar-refractivity contribution is 7.30. The molecule has 0 heterocycles. The molecule has 4 aromatic rings. The molecular formula is C71H132B6Si4. The topological polar surface area (TPSA) is 0 Å². The van der Waals surface area contributed by atoms with Crippen molar-refractivity contribution in [2.24, 2.45) is 0 Å². The van der Waals surface area contributed by atoms with Crippen LogP contribution in [0.15, 0.2) is 121 Å². The number of benzene rings is 4. The molecule has 0 aromatic heterocycles. The molecule has 0 bridgehead atoms. The second-order valence-corrected chi connectivity index (χ2v) is 51.7. The molecule has 0 radical (unpaired) electrons. The zero-order chi connectivity index (χ0) is 61.2. The van der Waals surface area contributed by atoms with Gasteiger partial charge in [-0.3, -0.25) is 0 Å². The Labute approximate surface area is 515 Å². The van der Waals surface area contributed by atoms with E-state index in [1.54, 1.807) is 0 Å². The third-order valence-electron chi connectivity index (χ3n) is 18.8. The van der Waals surface area contributed by atoms with E-state index in [4.69, 9.17) is 0 Å². The van der Waals surface area contributed by atoms with Crippen LogP contribution in [0.5, 0.6) is 0 Å². The van der Waals surface area contributed by atoms with Crippen LogP contribution in [0, 0.1) is 0 Å². The van der Waals surface area contributed by atoms with E-state index < -0.39 is 32.2 Å². The molecule has 0 nitrogen and oxygen atoms in total. The lowest BCUT2D eigenvalue weighted by atomic mass is 9.40. The monoisotopic (exact) mass is 1160 g/mol. The van der Waals surface area contributed by atoms with Crippen LogP contribution in [0.3, 0.4) is 0 Å². The highest BCUT2D eigenvalue weighted by Crippen LogP contribution is 2.39. The maximum Gasteiger partial charge on any atom is 0.145 e. The predicted molar refractivity (Wildman–Crippen MR) is 403 cm³/mol. The molecule has 5 fully saturated rings. The maximum absolute atomic E-state index is 2.52. The molecule has 10 heteroatoms. The molecule has 0 atom stereocenters. The summed E-state index contributed by atoms with van der Waals surface area (Å²) in [5, 5.41) is 5.90. The Hall–Kier alpha value is -1.86. The molecule has 450 valence electrons. The van der Waals surface area contributed by atoms with Crippen molar-refractivity contribution in [1.82, 2.24) is 0 Å². The Balaban J connectivity index is 0.000000474. The van der Waals surface area contributed by atoms with Gasteiger partial charge in [0.1, 0.15) is 47.9 Å². The van der Waals surface area contributed by atoms with Crippen LogP contribution in [0.2, 0.25) is 183 Å². The fourth-order valence-corrected chi connectivity index (χ4v) is 17.9. The summed E-state index contributed by atoms with van der Waals surface area (Å²) >= 11 is 0. The molecular weight excluding hydrogens is 1030 g/mol. The van der Waals surface area contributed by atoms with E-state index in [-0.39, 0.29) is 0 Å². The fraction of sp³-hybridized carbons (Fsp3) is 0.662. The Morgan fingerprint density at radius 1 is 0.284 bits per heavy atom. The van der Waals surface area contributed by atoms with E-state index in [0.717, 1.165) is 68.7 Å². The van der Waals surface area contributed by atoms with Gasteiger partial charge in [0, 0.05) is 16.0 Å². The first kappa shape index (κ1) is 77.1. The van der Waals surface area contributed by atoms with E-state index in [1.165, 1.54) is 143 Å². The minimum Gasteiger partial charge on any atom is -0.0883 e. The van der Waals surface area contributed by atoms with Crippen molar-refractivity contribution in [3.63, 3.8) is 0 Å². The molecule has 5 aliphatic carbocycles. The van der Waals surface area contributed by atoms with E-state index >= 15 is 0 Å². The summed E-state index contributed by atoms with van der Waals surface area (Å²) in [5.41, 5.74) is 1.14. The van der Waals surface area contributed by atoms with Crippen LogP contribution in [0.25, 0.3) is 0 Å². The van der Waals surface area contributed by atoms with Gasteiger partial charge >= 0.3 is 0 Å². The molecule has 0 unspecified atom stereocenters. The lowest BCUT2D eigenvalue weighted by Gasteiger charge is -2.32. The lowest BCUT2D eigenvalue weighted by molar-refractivity contribution is 0.493. The SMILES string of the molecule is CB(C)C.CB(C)C1CC1.CB(C)C1CCC1.CB(C)C1CCCC1.CB(C)C1CCCCC1.CB(C)[Si](C)(C)C.C[Si](C)(C)C1CCCCC1.C[Si](C)(C)c1ccccc1.C[Si](c1ccccc1)(c1ccccc1)c1ccccc1. The minimum absolute atomic E-state index is 0.735. The molecule has 5 saturated carbocycles. The number of hydrogen-bond acceptors (Lipinski definition) is 0. The van der Waals surface area contributed by atoms with Crippen LogP contribution < -0.4 is 20.7 Å². The highest BCUT2D eigenvalue weighted by atomic mass is 28.3. The van der Waals surface area contributed by atoms with Gasteiger partial charge in [0.25, 0.3) is 0 Å². The van der Waals surface area contributed by atoms with Crippen LogP contribution in [0.4, 0.5) is 0 Å². The van der Waals surface area contributed by atoms with Gasteiger partial charge in [-0.25, -0.2) is 0 Å². The number of hydrogen-bond donors (Lipinski definition) is 0. The average Bonchev–Trinajstić information content (AvgIpc) is 4.13. The predicted octanol–water partition coefficient (Wildman–Crippen LogP) is 22.2. The molecule has 5 aliphatic rings. The Bertz CT molecular complexity index is 1960. The standard InChI is InChI=1S/C19H18Si.C9H20Si.C9H14Si.C8H17B.C7H15B.C6H13B.C5H15BSi.C5H11B.C3H9B/c1-20(17-11-5-2-6-12-17,18-13-7-3-8-14-18)19-15-9-4-10-16-19;2*1-10(2,3)9-7-5-4-6-8-9;1-9(2)8-6-4-3-5-7-8;1-8(2)7-5-3-4-6-7;1-7(2)6-4-3-5-6;1-6(2)7(3,4)5;1-6(2)5-3-4-5;1-4(2)3/h2-16H,1H3;9H,4-8H2,1-3H3;4-8H,1-3H3;8H,3-7H2,1-2H3;7H,3-6H2,1-2H3;6H,3-5H2,1-2H3;1-5H3;5H,3-4H2,1-2H3;1-3H3. The van der Waals surface area contributed by atoms with E-state index in [1.807, 2.05) is 0 Å². The molecule has 0 N–H and O–H groups in total. The fourth-order valence-electron chi connectivity index (χ4n) is 11.0. The summed E-state index contributed by atoms with van der Waals surface area (Å²) in [4.78, 5) is 0. The minimum atomic E-state index is -1.88. The summed E-state index contributed by atoms with van der Waals surface area (Å²) in [6, 6.07) is 43.5. The summed E-state index contributed by atoms with van der Waals surface area (Å²) in [5.74, 6) is 4.30. The maximum atomic E-state index is 2.52. The van der Waals surface area contributed by atoms with Crippen molar-refractivity contribution >= 4 is 92.8 Å². The highest BCUT2D eigenvalue weighted by Gasteiger charge is 2.34. The van der Waals surface area contributed by atoms with Crippen molar-refractivity contribution in [2.75, 3.05) is 0 Å². The Morgan fingerprint density at radius 2 is 0.506 bits per heavy atom. The second-order valence-electron chi connectivity index (χ2n) is 31.2. The van der Waals surface area contributed by atoms with Gasteiger partial charge in [0.2, 0.25) is 0 Å². The van der Waals surface area contributed by atoms with Gasteiger partial charge < -0.3 is 0 Å². The first-order chi connectivity index (χ1) is 37.9. The van der Waals surface area contributed by atoms with Crippen molar-refractivity contribution in [1.29, 1.82) is 0 Å². The van der Waals surface area contributed by atoms with Crippen LogP contribution >= 0.6 is 0 Å². The van der Waals surface area contributed by atoms with Crippen molar-refractivity contribution in [3.8, 4) is 0 Å². The normalized spacial score (nSPS) is 16.4. The summed E-state index contributed by atoms with van der Waals surface area (Å²) in [6.45, 7) is 58.7. The Morgan fingerprint density at radius 3 is 0.654 bits per heavy atom. The molecule has 81 heavy (non-hydrogen) atoms. The van der Waals surface area contributed by atoms with Crippen LogP contribution in [-0.2, 0) is 0 Å². The first-order valence-corrected chi connectivity index (χ1v) is 47.3. The van der Waals surface area contributed by atoms with Crippen molar-refractivity contribution in [2.45, 2.75) is 305 Å². The second kappa shape index (κ2) is 41.3. The van der Waals surface area contributed by atoms with Gasteiger partial charge in [-0.2, -0.15) is 0 Å². The third kappa shape index (κ3) is 34.8. The smallest absolute Gasteiger partial charge is 0.0883 e. The van der Waals surface area contributed by atoms with Gasteiger partial charge in [0.15, 0.2) is 0 Å². The molecule has 9 rings (SSSR count). The van der Waals surface area contributed by atoms with Crippen LogP contribution in [-0.4, -0.2) is 72.0 Å². The van der Waals surface area contributed by atoms with Crippen molar-refractivity contribution < 1.29 is 0 Å². The van der Waals surface area contributed by atoms with Gasteiger partial charge in [0.05, 0.1) is 8.07 Å². The summed E-state index contributed by atoms with van der Waals surface area (Å²) < 4.78 is 0. The molecule has 0 amide bonds. The summed E-state index contributed by atoms with van der Waals surface area (Å²) in [6.07, 6.45) is 29.4. The third-order valence-corrected chi connectivity index (χ3v) is 31.9. The zero-order valence-corrected chi connectivity index (χ0v) is 62.3.